The summed E-state index contributed by atoms with van der Waals surface area (Å²) < 4.78 is 36.4. The van der Waals surface area contributed by atoms with Crippen molar-refractivity contribution in [3.05, 3.63) is 53.1 Å². The molecule has 3 atom stereocenters. The Morgan fingerprint density at radius 3 is 2.55 bits per heavy atom. The first-order valence-electron chi connectivity index (χ1n) is 17.2. The number of piperazine rings is 1. The Hall–Kier alpha value is -3.41. The number of ether oxygens (including phenoxy) is 1. The van der Waals surface area contributed by atoms with Gasteiger partial charge in [0.1, 0.15) is 5.75 Å². The molecule has 3 aromatic rings. The SMILES string of the molecule is COc1ccc2c(c1)[C@@H]1C[C@]1(C(=O)N1CCN3CCCC3C1)Cn1c-2c(C2CCCCC2)c2ccc(C(=O)NS(=O)(=O)N(C)C)cc21. The number of methoxy groups -OCH3 is 1. The zero-order chi connectivity index (χ0) is 32.7. The molecule has 8 rings (SSSR count). The van der Waals surface area contributed by atoms with Crippen LogP contribution < -0.4 is 9.46 Å². The molecule has 4 fully saturated rings. The summed E-state index contributed by atoms with van der Waals surface area (Å²) in [6.45, 7) is 4.13. The van der Waals surface area contributed by atoms with Gasteiger partial charge in [0.2, 0.25) is 5.91 Å². The Morgan fingerprint density at radius 2 is 1.79 bits per heavy atom. The van der Waals surface area contributed by atoms with Crippen LogP contribution in [0.1, 0.15) is 84.7 Å². The first-order valence-corrected chi connectivity index (χ1v) is 18.7. The lowest BCUT2D eigenvalue weighted by molar-refractivity contribution is -0.140. The van der Waals surface area contributed by atoms with Gasteiger partial charge in [0.05, 0.1) is 18.2 Å². The summed E-state index contributed by atoms with van der Waals surface area (Å²) in [7, 11) is 0.517. The third-order valence-electron chi connectivity index (χ3n) is 11.8. The van der Waals surface area contributed by atoms with Gasteiger partial charge in [-0.25, -0.2) is 4.72 Å². The molecule has 2 aliphatic carbocycles. The highest BCUT2D eigenvalue weighted by Crippen LogP contribution is 2.66. The van der Waals surface area contributed by atoms with E-state index in [0.717, 1.165) is 84.1 Å². The van der Waals surface area contributed by atoms with Gasteiger partial charge in [0, 0.05) is 74.3 Å². The van der Waals surface area contributed by atoms with Gasteiger partial charge in [0.15, 0.2) is 0 Å². The summed E-state index contributed by atoms with van der Waals surface area (Å²) in [5, 5.41) is 1.09. The fraction of sp³-hybridized carbons (Fsp3) is 0.556. The Balaban J connectivity index is 1.30. The minimum atomic E-state index is -3.96. The van der Waals surface area contributed by atoms with E-state index in [2.05, 4.69) is 31.2 Å². The van der Waals surface area contributed by atoms with Gasteiger partial charge < -0.3 is 14.2 Å². The minimum Gasteiger partial charge on any atom is -0.497 e. The summed E-state index contributed by atoms with van der Waals surface area (Å²) in [5.41, 5.74) is 5.33. The molecule has 2 saturated carbocycles. The van der Waals surface area contributed by atoms with Gasteiger partial charge >= 0.3 is 10.2 Å². The summed E-state index contributed by atoms with van der Waals surface area (Å²) in [6.07, 6.45) is 8.89. The molecule has 0 radical (unpaired) electrons. The normalized spacial score (nSPS) is 25.9. The predicted octanol–water partition coefficient (Wildman–Crippen LogP) is 4.69. The van der Waals surface area contributed by atoms with Crippen LogP contribution in [0, 0.1) is 5.41 Å². The highest BCUT2D eigenvalue weighted by atomic mass is 32.2. The zero-order valence-electron chi connectivity index (χ0n) is 27.6. The van der Waals surface area contributed by atoms with Crippen LogP contribution in [0.2, 0.25) is 0 Å². The number of fused-ring (bicyclic) bond motifs is 8. The van der Waals surface area contributed by atoms with Crippen molar-refractivity contribution in [2.45, 2.75) is 75.8 Å². The van der Waals surface area contributed by atoms with Crippen LogP contribution in [-0.2, 0) is 21.5 Å². The van der Waals surface area contributed by atoms with Crippen LogP contribution in [0.3, 0.4) is 0 Å². The van der Waals surface area contributed by atoms with Crippen molar-refractivity contribution in [3.63, 3.8) is 0 Å². The fourth-order valence-electron chi connectivity index (χ4n) is 9.18. The molecule has 3 aliphatic heterocycles. The molecule has 1 unspecified atom stereocenters. The lowest BCUT2D eigenvalue weighted by Crippen LogP contribution is -2.54. The number of carbonyl (C=O) groups is 2. The molecule has 0 bridgehead atoms. The Kier molecular flexibility index (Phi) is 7.46. The maximum Gasteiger partial charge on any atom is 0.303 e. The van der Waals surface area contributed by atoms with E-state index in [1.165, 1.54) is 50.9 Å². The third kappa shape index (κ3) is 4.99. The van der Waals surface area contributed by atoms with Gasteiger partial charge in [-0.3, -0.25) is 14.5 Å². The van der Waals surface area contributed by atoms with E-state index in [1.54, 1.807) is 13.2 Å². The summed E-state index contributed by atoms with van der Waals surface area (Å²) in [5.74, 6) is 0.804. The molecule has 2 saturated heterocycles. The molecule has 250 valence electrons. The monoisotopic (exact) mass is 659 g/mol. The van der Waals surface area contributed by atoms with E-state index in [9.17, 15) is 18.0 Å². The number of rotatable bonds is 6. The van der Waals surface area contributed by atoms with Crippen molar-refractivity contribution in [2.24, 2.45) is 5.41 Å². The molecule has 10 nitrogen and oxygen atoms in total. The number of nitrogens with one attached hydrogen (secondary N) is 1. The quantitative estimate of drug-likeness (QED) is 0.412. The molecule has 5 aliphatic rings. The topological polar surface area (TPSA) is 104 Å². The van der Waals surface area contributed by atoms with Crippen molar-refractivity contribution in [3.8, 4) is 17.0 Å². The van der Waals surface area contributed by atoms with Crippen LogP contribution >= 0.6 is 0 Å². The summed E-state index contributed by atoms with van der Waals surface area (Å²) >= 11 is 0. The van der Waals surface area contributed by atoms with E-state index < -0.39 is 21.5 Å². The van der Waals surface area contributed by atoms with Crippen molar-refractivity contribution in [2.75, 3.05) is 47.4 Å². The van der Waals surface area contributed by atoms with Crippen molar-refractivity contribution in [1.82, 2.24) is 23.4 Å². The minimum absolute atomic E-state index is 0.0765. The molecule has 2 aromatic carbocycles. The molecular formula is C36H45N5O5S. The van der Waals surface area contributed by atoms with Crippen LogP contribution in [0.15, 0.2) is 36.4 Å². The Morgan fingerprint density at radius 1 is 0.979 bits per heavy atom. The van der Waals surface area contributed by atoms with E-state index in [-0.39, 0.29) is 17.4 Å². The van der Waals surface area contributed by atoms with E-state index in [1.807, 2.05) is 18.2 Å². The highest BCUT2D eigenvalue weighted by Gasteiger charge is 2.64. The zero-order valence-corrected chi connectivity index (χ0v) is 28.4. The second-order valence-corrected chi connectivity index (χ2v) is 16.5. The summed E-state index contributed by atoms with van der Waals surface area (Å²) in [6, 6.07) is 12.4. The molecular weight excluding hydrogens is 614 g/mol. The molecule has 2 amide bonds. The van der Waals surface area contributed by atoms with Gasteiger partial charge in [-0.1, -0.05) is 25.3 Å². The fourth-order valence-corrected chi connectivity index (χ4v) is 9.71. The van der Waals surface area contributed by atoms with Crippen LogP contribution in [0.25, 0.3) is 22.2 Å². The first-order chi connectivity index (χ1) is 22.6. The van der Waals surface area contributed by atoms with Gasteiger partial charge in [0.25, 0.3) is 5.91 Å². The van der Waals surface area contributed by atoms with E-state index >= 15 is 0 Å². The number of aromatic nitrogens is 1. The van der Waals surface area contributed by atoms with Crippen molar-refractivity contribution >= 4 is 32.9 Å². The number of hydrogen-bond acceptors (Lipinski definition) is 6. The maximum absolute atomic E-state index is 14.8. The van der Waals surface area contributed by atoms with Gasteiger partial charge in [-0.2, -0.15) is 12.7 Å². The van der Waals surface area contributed by atoms with Gasteiger partial charge in [-0.15, -0.1) is 0 Å². The lowest BCUT2D eigenvalue weighted by atomic mass is 9.81. The maximum atomic E-state index is 14.8. The number of nitrogens with zero attached hydrogens (tertiary/aromatic N) is 4. The van der Waals surface area contributed by atoms with Crippen molar-refractivity contribution < 1.29 is 22.7 Å². The van der Waals surface area contributed by atoms with E-state index in [0.29, 0.717) is 18.5 Å². The van der Waals surface area contributed by atoms with Crippen LogP contribution in [0.4, 0.5) is 0 Å². The third-order valence-corrected chi connectivity index (χ3v) is 13.2. The largest absolute Gasteiger partial charge is 0.497 e. The Labute approximate surface area is 277 Å². The van der Waals surface area contributed by atoms with Crippen LogP contribution in [-0.4, -0.2) is 92.3 Å². The second kappa shape index (κ2) is 11.3. The standard InChI is InChI=1S/C36H45N5O5S/c1-38(2)47(44,45)37-34(42)24-11-13-28-31(18-24)41-22-36(35(43)40-17-16-39-15-7-10-25(39)21-40)20-30(36)29-19-26(46-3)12-14-27(29)33(41)32(28)23-8-5-4-6-9-23/h11-14,18-19,23,25,30H,4-10,15-17,20-22H2,1-3H3,(H,37,42)/t25?,30-,36-/m0/s1. The molecule has 11 heteroatoms. The average Bonchev–Trinajstić information content (AvgIpc) is 3.49. The number of hydrogen-bond donors (Lipinski definition) is 1. The number of benzene rings is 2. The number of carbonyl (C=O) groups excluding carboxylic acids is 2. The Bertz CT molecular complexity index is 1880. The molecule has 47 heavy (non-hydrogen) atoms. The predicted molar refractivity (Wildman–Crippen MR) is 181 cm³/mol. The molecule has 1 N–H and O–H groups in total. The second-order valence-electron chi connectivity index (χ2n) is 14.6. The summed E-state index contributed by atoms with van der Waals surface area (Å²) in [4.78, 5) is 32.8. The van der Waals surface area contributed by atoms with Crippen molar-refractivity contribution in [1.29, 1.82) is 0 Å². The molecule has 0 spiro atoms. The average molecular weight is 660 g/mol. The lowest BCUT2D eigenvalue weighted by Gasteiger charge is -2.39. The molecule has 1 aromatic heterocycles. The van der Waals surface area contributed by atoms with Gasteiger partial charge in [-0.05, 0) is 86.0 Å². The first kappa shape index (κ1) is 30.9. The number of amides is 2. The highest BCUT2D eigenvalue weighted by molar-refractivity contribution is 7.87. The van der Waals surface area contributed by atoms with Crippen LogP contribution in [0.5, 0.6) is 5.75 Å². The smallest absolute Gasteiger partial charge is 0.303 e. The molecule has 4 heterocycles. The van der Waals surface area contributed by atoms with E-state index in [4.69, 9.17) is 4.74 Å².